The molecule has 2 aromatic rings. The number of hydrogen-bond donors (Lipinski definition) is 0. The summed E-state index contributed by atoms with van der Waals surface area (Å²) in [5.74, 6) is 0. The minimum atomic E-state index is -0.226. The lowest BCUT2D eigenvalue weighted by Gasteiger charge is -2.11. The zero-order chi connectivity index (χ0) is 12.3. The molecular formula is C13H10Cl3N. The van der Waals surface area contributed by atoms with Gasteiger partial charge in [0.1, 0.15) is 0 Å². The van der Waals surface area contributed by atoms with Gasteiger partial charge < -0.3 is 0 Å². The van der Waals surface area contributed by atoms with Gasteiger partial charge in [0.2, 0.25) is 0 Å². The van der Waals surface area contributed by atoms with Crippen LogP contribution in [-0.2, 0) is 6.42 Å². The molecule has 4 heteroatoms. The number of rotatable bonds is 3. The van der Waals surface area contributed by atoms with E-state index in [1.807, 2.05) is 18.2 Å². The lowest BCUT2D eigenvalue weighted by atomic mass is 10.1. The molecule has 1 aromatic carbocycles. The van der Waals surface area contributed by atoms with Crippen LogP contribution in [0.25, 0.3) is 0 Å². The maximum Gasteiger partial charge on any atom is 0.0655 e. The number of hydrogen-bond acceptors (Lipinski definition) is 1. The highest BCUT2D eigenvalue weighted by atomic mass is 35.5. The van der Waals surface area contributed by atoms with Crippen LogP contribution in [-0.4, -0.2) is 4.98 Å². The van der Waals surface area contributed by atoms with Gasteiger partial charge in [0, 0.05) is 28.4 Å². The smallest absolute Gasteiger partial charge is 0.0655 e. The van der Waals surface area contributed by atoms with Gasteiger partial charge in [-0.1, -0.05) is 29.3 Å². The molecule has 0 aliphatic rings. The van der Waals surface area contributed by atoms with Crippen LogP contribution in [0, 0.1) is 0 Å². The third-order valence-corrected chi connectivity index (χ3v) is 3.38. The molecule has 0 saturated heterocycles. The van der Waals surface area contributed by atoms with E-state index in [4.69, 9.17) is 34.8 Å². The molecule has 0 radical (unpaired) electrons. The fraction of sp³-hybridized carbons (Fsp3) is 0.154. The lowest BCUT2D eigenvalue weighted by Crippen LogP contribution is -1.98. The van der Waals surface area contributed by atoms with E-state index in [1.165, 1.54) is 0 Å². The average Bonchev–Trinajstić information content (AvgIpc) is 2.33. The normalized spacial score (nSPS) is 12.4. The molecule has 17 heavy (non-hydrogen) atoms. The van der Waals surface area contributed by atoms with E-state index in [9.17, 15) is 0 Å². The fourth-order valence-electron chi connectivity index (χ4n) is 1.57. The third kappa shape index (κ3) is 3.35. The van der Waals surface area contributed by atoms with Crippen molar-refractivity contribution in [3.05, 3.63) is 63.9 Å². The standard InChI is InChI=1S/C13H10Cl3N/c14-9-4-5-12(15)11(7-9)13(16)8-10-3-1-2-6-17-10/h1-7,13H,8H2. The maximum atomic E-state index is 6.33. The molecule has 1 aromatic heterocycles. The zero-order valence-electron chi connectivity index (χ0n) is 8.91. The largest absolute Gasteiger partial charge is 0.261 e. The Hall–Kier alpha value is -0.760. The Morgan fingerprint density at radius 2 is 1.94 bits per heavy atom. The monoisotopic (exact) mass is 285 g/mol. The SMILES string of the molecule is Clc1ccc(Cl)c(C(Cl)Cc2ccccn2)c1. The third-order valence-electron chi connectivity index (χ3n) is 2.41. The van der Waals surface area contributed by atoms with Crippen LogP contribution in [0.15, 0.2) is 42.6 Å². The second kappa shape index (κ2) is 5.72. The molecule has 0 bridgehead atoms. The summed E-state index contributed by atoms with van der Waals surface area (Å²) < 4.78 is 0. The van der Waals surface area contributed by atoms with Crippen molar-refractivity contribution in [2.24, 2.45) is 0 Å². The van der Waals surface area contributed by atoms with Gasteiger partial charge in [-0.15, -0.1) is 11.6 Å². The van der Waals surface area contributed by atoms with Gasteiger partial charge in [-0.3, -0.25) is 4.98 Å². The second-order valence-corrected chi connectivity index (χ2v) is 5.03. The Morgan fingerprint density at radius 1 is 1.12 bits per heavy atom. The first kappa shape index (κ1) is 12.7. The van der Waals surface area contributed by atoms with Gasteiger partial charge in [-0.05, 0) is 35.9 Å². The summed E-state index contributed by atoms with van der Waals surface area (Å²) in [5, 5.41) is 1.04. The van der Waals surface area contributed by atoms with Crippen LogP contribution in [0.2, 0.25) is 10.0 Å². The first-order chi connectivity index (χ1) is 8.16. The highest BCUT2D eigenvalue weighted by Crippen LogP contribution is 2.32. The highest BCUT2D eigenvalue weighted by molar-refractivity contribution is 6.34. The van der Waals surface area contributed by atoms with Crippen LogP contribution in [0.1, 0.15) is 16.6 Å². The number of alkyl halides is 1. The fourth-order valence-corrected chi connectivity index (χ4v) is 2.39. The summed E-state index contributed by atoms with van der Waals surface area (Å²) in [7, 11) is 0. The minimum Gasteiger partial charge on any atom is -0.261 e. The number of aromatic nitrogens is 1. The predicted octanol–water partition coefficient (Wildman–Crippen LogP) is 4.91. The Balaban J connectivity index is 2.20. The van der Waals surface area contributed by atoms with E-state index in [-0.39, 0.29) is 5.38 Å². The molecule has 0 amide bonds. The molecular weight excluding hydrogens is 277 g/mol. The average molecular weight is 287 g/mol. The van der Waals surface area contributed by atoms with E-state index in [1.54, 1.807) is 24.4 Å². The van der Waals surface area contributed by atoms with Crippen molar-refractivity contribution < 1.29 is 0 Å². The number of pyridine rings is 1. The van der Waals surface area contributed by atoms with E-state index in [0.717, 1.165) is 11.3 Å². The molecule has 88 valence electrons. The van der Waals surface area contributed by atoms with Gasteiger partial charge in [0.05, 0.1) is 5.38 Å². The number of benzene rings is 1. The van der Waals surface area contributed by atoms with Crippen molar-refractivity contribution in [1.29, 1.82) is 0 Å². The van der Waals surface area contributed by atoms with Gasteiger partial charge in [-0.25, -0.2) is 0 Å². The minimum absolute atomic E-state index is 0.226. The number of nitrogens with zero attached hydrogens (tertiary/aromatic N) is 1. The van der Waals surface area contributed by atoms with Crippen LogP contribution in [0.3, 0.4) is 0 Å². The van der Waals surface area contributed by atoms with Crippen LogP contribution in [0.5, 0.6) is 0 Å². The summed E-state index contributed by atoms with van der Waals surface area (Å²) in [6.45, 7) is 0. The Morgan fingerprint density at radius 3 is 2.65 bits per heavy atom. The molecule has 0 spiro atoms. The molecule has 0 fully saturated rings. The second-order valence-electron chi connectivity index (χ2n) is 3.66. The van der Waals surface area contributed by atoms with Gasteiger partial charge in [0.25, 0.3) is 0 Å². The highest BCUT2D eigenvalue weighted by Gasteiger charge is 2.13. The van der Waals surface area contributed by atoms with Crippen molar-refractivity contribution in [3.63, 3.8) is 0 Å². The topological polar surface area (TPSA) is 12.9 Å². The molecule has 0 saturated carbocycles. The molecule has 2 rings (SSSR count). The maximum absolute atomic E-state index is 6.33. The van der Waals surface area contributed by atoms with Crippen molar-refractivity contribution in [2.75, 3.05) is 0 Å². The number of halogens is 3. The first-order valence-corrected chi connectivity index (χ1v) is 6.35. The zero-order valence-corrected chi connectivity index (χ0v) is 11.2. The quantitative estimate of drug-likeness (QED) is 0.731. The molecule has 1 unspecified atom stereocenters. The first-order valence-electron chi connectivity index (χ1n) is 5.16. The van der Waals surface area contributed by atoms with E-state index >= 15 is 0 Å². The summed E-state index contributed by atoms with van der Waals surface area (Å²) in [6, 6.07) is 11.0. The van der Waals surface area contributed by atoms with Crippen molar-refractivity contribution in [2.45, 2.75) is 11.8 Å². The molecule has 0 aliphatic carbocycles. The Bertz CT molecular complexity index is 499. The molecule has 0 aliphatic heterocycles. The summed E-state index contributed by atoms with van der Waals surface area (Å²) in [4.78, 5) is 4.24. The Labute approximate surface area is 115 Å². The molecule has 1 atom stereocenters. The van der Waals surface area contributed by atoms with Crippen molar-refractivity contribution >= 4 is 34.8 Å². The van der Waals surface area contributed by atoms with E-state index in [2.05, 4.69) is 4.98 Å². The van der Waals surface area contributed by atoms with Crippen LogP contribution < -0.4 is 0 Å². The van der Waals surface area contributed by atoms with Crippen molar-refractivity contribution in [3.8, 4) is 0 Å². The molecule has 1 heterocycles. The van der Waals surface area contributed by atoms with Crippen LogP contribution in [0.4, 0.5) is 0 Å². The molecule has 1 nitrogen and oxygen atoms in total. The van der Waals surface area contributed by atoms with Gasteiger partial charge in [-0.2, -0.15) is 0 Å². The summed E-state index contributed by atoms with van der Waals surface area (Å²) in [5.41, 5.74) is 1.77. The lowest BCUT2D eigenvalue weighted by molar-refractivity contribution is 0.881. The summed E-state index contributed by atoms with van der Waals surface area (Å²) >= 11 is 18.4. The molecule has 0 N–H and O–H groups in total. The predicted molar refractivity (Wildman–Crippen MR) is 73.0 cm³/mol. The van der Waals surface area contributed by atoms with Crippen molar-refractivity contribution in [1.82, 2.24) is 4.98 Å². The summed E-state index contributed by atoms with van der Waals surface area (Å²) in [6.07, 6.45) is 2.38. The van der Waals surface area contributed by atoms with Crippen LogP contribution >= 0.6 is 34.8 Å². The Kier molecular flexibility index (Phi) is 4.27. The van der Waals surface area contributed by atoms with Gasteiger partial charge in [0.15, 0.2) is 0 Å². The van der Waals surface area contributed by atoms with E-state index in [0.29, 0.717) is 16.5 Å². The van der Waals surface area contributed by atoms with Gasteiger partial charge >= 0.3 is 0 Å². The van der Waals surface area contributed by atoms with E-state index < -0.39 is 0 Å².